The molecule has 1 heterocycles. The molecule has 0 spiro atoms. The highest BCUT2D eigenvalue weighted by Crippen LogP contribution is 2.51. The van der Waals surface area contributed by atoms with Gasteiger partial charge in [-0.2, -0.15) is 0 Å². The summed E-state index contributed by atoms with van der Waals surface area (Å²) in [5.74, 6) is -0.919. The molecule has 1 aromatic carbocycles. The Kier molecular flexibility index (Phi) is 2.25. The van der Waals surface area contributed by atoms with Crippen LogP contribution in [-0.4, -0.2) is 21.7 Å². The topological polar surface area (TPSA) is 68.2 Å². The fourth-order valence-electron chi connectivity index (χ4n) is 2.86. The molecule has 1 aromatic heterocycles. The first-order valence-corrected chi connectivity index (χ1v) is 6.09. The molecule has 18 heavy (non-hydrogen) atoms. The van der Waals surface area contributed by atoms with E-state index in [1.165, 1.54) is 0 Å². The van der Waals surface area contributed by atoms with Crippen molar-refractivity contribution in [1.82, 2.24) is 4.57 Å². The van der Waals surface area contributed by atoms with Gasteiger partial charge in [-0.15, -0.1) is 0 Å². The van der Waals surface area contributed by atoms with Crippen molar-refractivity contribution in [2.24, 2.45) is 12.8 Å². The number of rotatable bonds is 3. The summed E-state index contributed by atoms with van der Waals surface area (Å²) in [5, 5.41) is 10.3. The Balaban J connectivity index is 2.15. The van der Waals surface area contributed by atoms with Crippen molar-refractivity contribution in [2.45, 2.75) is 24.3 Å². The third-order valence-electron chi connectivity index (χ3n) is 4.11. The molecule has 3 rings (SSSR count). The summed E-state index contributed by atoms with van der Waals surface area (Å²) in [7, 11) is 1.98. The van der Waals surface area contributed by atoms with Crippen LogP contribution in [-0.2, 0) is 17.3 Å². The summed E-state index contributed by atoms with van der Waals surface area (Å²) in [4.78, 5) is 11.2. The third kappa shape index (κ3) is 1.39. The molecule has 1 fully saturated rings. The standard InChI is InChI=1S/C14H16N2O2/c1-16-10-5-3-2-4-9(10)8-11(16)14(6-7-14)12(15)13(17)18/h2-5,8,12H,6-7,15H2,1H3,(H,17,18). The van der Waals surface area contributed by atoms with Gasteiger partial charge in [0.15, 0.2) is 0 Å². The molecule has 3 N–H and O–H groups in total. The van der Waals surface area contributed by atoms with E-state index in [1.54, 1.807) is 0 Å². The Morgan fingerprint density at radius 1 is 1.44 bits per heavy atom. The van der Waals surface area contributed by atoms with Gasteiger partial charge in [-0.25, -0.2) is 0 Å². The van der Waals surface area contributed by atoms with Crippen LogP contribution < -0.4 is 5.73 Å². The molecular weight excluding hydrogens is 228 g/mol. The van der Waals surface area contributed by atoms with Crippen molar-refractivity contribution >= 4 is 16.9 Å². The molecule has 0 bridgehead atoms. The number of para-hydroxylation sites is 1. The minimum Gasteiger partial charge on any atom is -0.480 e. The van der Waals surface area contributed by atoms with E-state index in [1.807, 2.05) is 31.3 Å². The molecule has 1 unspecified atom stereocenters. The average molecular weight is 244 g/mol. The van der Waals surface area contributed by atoms with Gasteiger partial charge in [0.2, 0.25) is 0 Å². The lowest BCUT2D eigenvalue weighted by Gasteiger charge is -2.20. The lowest BCUT2D eigenvalue weighted by atomic mass is 9.93. The first-order chi connectivity index (χ1) is 8.56. The van der Waals surface area contributed by atoms with Crippen LogP contribution in [0.4, 0.5) is 0 Å². The number of benzene rings is 1. The summed E-state index contributed by atoms with van der Waals surface area (Å²) in [5.41, 5.74) is 7.65. The van der Waals surface area contributed by atoms with Gasteiger partial charge in [0.1, 0.15) is 6.04 Å². The number of fused-ring (bicyclic) bond motifs is 1. The zero-order valence-corrected chi connectivity index (χ0v) is 10.3. The Labute approximate surface area is 105 Å². The normalized spacial score (nSPS) is 18.8. The van der Waals surface area contributed by atoms with Crippen LogP contribution in [0.5, 0.6) is 0 Å². The molecule has 4 heteroatoms. The number of carbonyl (C=O) groups is 1. The van der Waals surface area contributed by atoms with Crippen molar-refractivity contribution in [3.05, 3.63) is 36.0 Å². The molecule has 1 aliphatic rings. The maximum absolute atomic E-state index is 11.2. The maximum atomic E-state index is 11.2. The van der Waals surface area contributed by atoms with E-state index in [0.29, 0.717) is 0 Å². The summed E-state index contributed by atoms with van der Waals surface area (Å²) in [6.07, 6.45) is 1.70. The Bertz CT molecular complexity index is 626. The van der Waals surface area contributed by atoms with Crippen molar-refractivity contribution in [2.75, 3.05) is 0 Å². The quantitative estimate of drug-likeness (QED) is 0.862. The highest BCUT2D eigenvalue weighted by Gasteiger charge is 2.54. The second kappa shape index (κ2) is 3.59. The molecule has 0 amide bonds. The SMILES string of the molecule is Cn1c(C2(C(N)C(=O)O)CC2)cc2ccccc21. The van der Waals surface area contributed by atoms with Gasteiger partial charge in [0.25, 0.3) is 0 Å². The fourth-order valence-corrected chi connectivity index (χ4v) is 2.86. The minimum atomic E-state index is -0.919. The largest absolute Gasteiger partial charge is 0.480 e. The zero-order chi connectivity index (χ0) is 12.9. The lowest BCUT2D eigenvalue weighted by molar-refractivity contribution is -0.139. The second-order valence-electron chi connectivity index (χ2n) is 5.12. The second-order valence-corrected chi connectivity index (χ2v) is 5.12. The van der Waals surface area contributed by atoms with E-state index in [4.69, 9.17) is 10.8 Å². The number of aliphatic carboxylic acids is 1. The van der Waals surface area contributed by atoms with Crippen molar-refractivity contribution in [3.63, 3.8) is 0 Å². The van der Waals surface area contributed by atoms with Crippen molar-refractivity contribution in [3.8, 4) is 0 Å². The first kappa shape index (κ1) is 11.3. The lowest BCUT2D eigenvalue weighted by Crippen LogP contribution is -2.42. The number of carboxylic acids is 1. The summed E-state index contributed by atoms with van der Waals surface area (Å²) in [6.45, 7) is 0. The van der Waals surface area contributed by atoms with Gasteiger partial charge < -0.3 is 15.4 Å². The Morgan fingerprint density at radius 2 is 2.11 bits per heavy atom. The van der Waals surface area contributed by atoms with Gasteiger partial charge in [-0.05, 0) is 30.4 Å². The van der Waals surface area contributed by atoms with Crippen molar-refractivity contribution < 1.29 is 9.90 Å². The number of hydrogen-bond acceptors (Lipinski definition) is 2. The predicted molar refractivity (Wildman–Crippen MR) is 69.4 cm³/mol. The molecule has 2 aromatic rings. The van der Waals surface area contributed by atoms with Gasteiger partial charge in [0.05, 0.1) is 0 Å². The summed E-state index contributed by atoms with van der Waals surface area (Å²) in [6, 6.07) is 9.32. The van der Waals surface area contributed by atoms with E-state index in [-0.39, 0.29) is 5.41 Å². The van der Waals surface area contributed by atoms with E-state index < -0.39 is 12.0 Å². The molecule has 1 atom stereocenters. The average Bonchev–Trinajstić information content (AvgIpc) is 3.10. The van der Waals surface area contributed by atoms with Crippen LogP contribution in [0, 0.1) is 0 Å². The highest BCUT2D eigenvalue weighted by molar-refractivity contribution is 5.83. The molecule has 4 nitrogen and oxygen atoms in total. The fraction of sp³-hybridized carbons (Fsp3) is 0.357. The predicted octanol–water partition coefficient (Wildman–Crippen LogP) is 1.62. The molecule has 0 radical (unpaired) electrons. The summed E-state index contributed by atoms with van der Waals surface area (Å²) >= 11 is 0. The monoisotopic (exact) mass is 244 g/mol. The first-order valence-electron chi connectivity index (χ1n) is 6.09. The van der Waals surface area contributed by atoms with Gasteiger partial charge in [0, 0.05) is 23.7 Å². The highest BCUT2D eigenvalue weighted by atomic mass is 16.4. The minimum absolute atomic E-state index is 0.375. The van der Waals surface area contributed by atoms with Gasteiger partial charge in [-0.3, -0.25) is 4.79 Å². The Morgan fingerprint density at radius 3 is 2.67 bits per heavy atom. The van der Waals surface area contributed by atoms with E-state index in [9.17, 15) is 4.79 Å². The number of aryl methyl sites for hydroxylation is 1. The van der Waals surface area contributed by atoms with Crippen LogP contribution in [0.2, 0.25) is 0 Å². The van der Waals surface area contributed by atoms with Crippen LogP contribution >= 0.6 is 0 Å². The summed E-state index contributed by atoms with van der Waals surface area (Å²) < 4.78 is 2.07. The van der Waals surface area contributed by atoms with Crippen LogP contribution in [0.3, 0.4) is 0 Å². The number of aromatic nitrogens is 1. The molecule has 1 saturated carbocycles. The third-order valence-corrected chi connectivity index (χ3v) is 4.11. The molecule has 1 aliphatic carbocycles. The maximum Gasteiger partial charge on any atom is 0.321 e. The number of nitrogens with zero attached hydrogens (tertiary/aromatic N) is 1. The van der Waals surface area contributed by atoms with E-state index >= 15 is 0 Å². The van der Waals surface area contributed by atoms with E-state index in [0.717, 1.165) is 29.4 Å². The van der Waals surface area contributed by atoms with Gasteiger partial charge in [-0.1, -0.05) is 18.2 Å². The molecule has 94 valence electrons. The number of carboxylic acid groups (broad SMARTS) is 1. The van der Waals surface area contributed by atoms with Crippen LogP contribution in [0.1, 0.15) is 18.5 Å². The molecular formula is C14H16N2O2. The smallest absolute Gasteiger partial charge is 0.321 e. The van der Waals surface area contributed by atoms with Crippen LogP contribution in [0.25, 0.3) is 10.9 Å². The number of nitrogens with two attached hydrogens (primary N) is 1. The van der Waals surface area contributed by atoms with Crippen LogP contribution in [0.15, 0.2) is 30.3 Å². The van der Waals surface area contributed by atoms with Crippen molar-refractivity contribution in [1.29, 1.82) is 0 Å². The Hall–Kier alpha value is -1.81. The molecule has 0 aliphatic heterocycles. The van der Waals surface area contributed by atoms with E-state index in [2.05, 4.69) is 10.6 Å². The van der Waals surface area contributed by atoms with Gasteiger partial charge >= 0.3 is 5.97 Å². The molecule has 0 saturated heterocycles. The zero-order valence-electron chi connectivity index (χ0n) is 10.3. The number of hydrogen-bond donors (Lipinski definition) is 2.